The molecule has 0 aliphatic carbocycles. The third kappa shape index (κ3) is 4.66. The number of amides is 1. The average Bonchev–Trinajstić information content (AvgIpc) is 2.84. The molecule has 0 radical (unpaired) electrons. The first kappa shape index (κ1) is 23.5. The van der Waals surface area contributed by atoms with Gasteiger partial charge in [0.25, 0.3) is 11.5 Å². The molecule has 0 saturated carbocycles. The lowest BCUT2D eigenvalue weighted by atomic mass is 10.2. The van der Waals surface area contributed by atoms with Crippen LogP contribution in [-0.2, 0) is 10.0 Å². The van der Waals surface area contributed by atoms with Crippen LogP contribution < -0.4 is 5.56 Å². The van der Waals surface area contributed by atoms with Crippen LogP contribution in [0, 0.1) is 5.82 Å². The van der Waals surface area contributed by atoms with Crippen LogP contribution >= 0.6 is 0 Å². The van der Waals surface area contributed by atoms with Crippen LogP contribution in [0.2, 0.25) is 0 Å². The van der Waals surface area contributed by atoms with E-state index in [-0.39, 0.29) is 42.6 Å². The number of ketones is 1. The molecule has 2 heterocycles. The van der Waals surface area contributed by atoms with Crippen LogP contribution in [0.15, 0.2) is 70.4 Å². The van der Waals surface area contributed by atoms with Gasteiger partial charge >= 0.3 is 0 Å². The minimum absolute atomic E-state index is 0.00870. The van der Waals surface area contributed by atoms with Crippen molar-refractivity contribution in [1.29, 1.82) is 0 Å². The molecule has 4 rings (SSSR count). The minimum atomic E-state index is -3.83. The Hall–Kier alpha value is -3.70. The molecular weight excluding hydrogens is 463 g/mol. The summed E-state index contributed by atoms with van der Waals surface area (Å²) < 4.78 is 41.5. The smallest absolute Gasteiger partial charge is 0.274 e. The predicted molar refractivity (Wildman–Crippen MR) is 121 cm³/mol. The summed E-state index contributed by atoms with van der Waals surface area (Å²) >= 11 is 0. The molecule has 9 nitrogen and oxygen atoms in total. The number of hydrogen-bond donors (Lipinski definition) is 0. The number of halogens is 1. The second kappa shape index (κ2) is 9.27. The topological polar surface area (TPSA) is 110 Å². The molecule has 3 aromatic rings. The lowest BCUT2D eigenvalue weighted by Gasteiger charge is -2.33. The summed E-state index contributed by atoms with van der Waals surface area (Å²) in [6.07, 6.45) is 0. The summed E-state index contributed by atoms with van der Waals surface area (Å²) in [5, 5.41) is 4.12. The number of rotatable bonds is 5. The van der Waals surface area contributed by atoms with Gasteiger partial charge in [-0.3, -0.25) is 14.4 Å². The highest BCUT2D eigenvalue weighted by atomic mass is 32.2. The highest BCUT2D eigenvalue weighted by molar-refractivity contribution is 7.89. The summed E-state index contributed by atoms with van der Waals surface area (Å²) in [5.41, 5.74) is 0.142. The van der Waals surface area contributed by atoms with Gasteiger partial charge in [-0.15, -0.1) is 0 Å². The number of piperazine rings is 1. The average molecular weight is 485 g/mol. The maximum atomic E-state index is 13.2. The second-order valence-electron chi connectivity index (χ2n) is 7.73. The van der Waals surface area contributed by atoms with Gasteiger partial charge in [-0.2, -0.15) is 14.1 Å². The first-order valence-corrected chi connectivity index (χ1v) is 11.9. The fourth-order valence-corrected chi connectivity index (χ4v) is 5.08. The molecule has 11 heteroatoms. The van der Waals surface area contributed by atoms with E-state index < -0.39 is 27.3 Å². The van der Waals surface area contributed by atoms with Crippen molar-refractivity contribution in [2.24, 2.45) is 0 Å². The number of carbonyl (C=O) groups is 2. The predicted octanol–water partition coefficient (Wildman–Crippen LogP) is 1.72. The number of sulfonamides is 1. The molecule has 34 heavy (non-hydrogen) atoms. The minimum Gasteiger partial charge on any atom is -0.335 e. The van der Waals surface area contributed by atoms with Crippen LogP contribution in [-0.4, -0.2) is 65.3 Å². The number of hydrogen-bond acceptors (Lipinski definition) is 6. The van der Waals surface area contributed by atoms with Crippen molar-refractivity contribution in [1.82, 2.24) is 19.0 Å². The lowest BCUT2D eigenvalue weighted by Crippen LogP contribution is -2.50. The van der Waals surface area contributed by atoms with Crippen LogP contribution in [0.1, 0.15) is 27.8 Å². The Bertz CT molecular complexity index is 1410. The number of carbonyl (C=O) groups excluding carboxylic acids is 2. The molecule has 1 fully saturated rings. The molecule has 1 amide bonds. The summed E-state index contributed by atoms with van der Waals surface area (Å²) in [7, 11) is -3.83. The third-order valence-electron chi connectivity index (χ3n) is 5.49. The van der Waals surface area contributed by atoms with Gasteiger partial charge in [0.15, 0.2) is 5.78 Å². The highest BCUT2D eigenvalue weighted by Gasteiger charge is 2.31. The molecule has 0 spiro atoms. The quantitative estimate of drug-likeness (QED) is 0.510. The first-order valence-electron chi connectivity index (χ1n) is 10.4. The van der Waals surface area contributed by atoms with Gasteiger partial charge < -0.3 is 4.90 Å². The van der Waals surface area contributed by atoms with E-state index >= 15 is 0 Å². The molecular formula is C23H21FN4O5S. The SMILES string of the molecule is CC(=O)c1cccc(S(=O)(=O)N2CCN(C(=O)c3ccc(=O)n(-c4ccc(F)cc4)n3)CC2)c1. The zero-order valence-electron chi connectivity index (χ0n) is 18.2. The van der Waals surface area contributed by atoms with E-state index in [1.807, 2.05) is 0 Å². The van der Waals surface area contributed by atoms with Crippen molar-refractivity contribution < 1.29 is 22.4 Å². The Kier molecular flexibility index (Phi) is 6.40. The summed E-state index contributed by atoms with van der Waals surface area (Å²) in [6, 6.07) is 13.5. The highest BCUT2D eigenvalue weighted by Crippen LogP contribution is 2.20. The Morgan fingerprint density at radius 2 is 1.62 bits per heavy atom. The fourth-order valence-electron chi connectivity index (χ4n) is 3.61. The molecule has 1 saturated heterocycles. The van der Waals surface area contributed by atoms with E-state index in [9.17, 15) is 27.2 Å². The van der Waals surface area contributed by atoms with Crippen molar-refractivity contribution in [3.63, 3.8) is 0 Å². The van der Waals surface area contributed by atoms with E-state index in [4.69, 9.17) is 0 Å². The van der Waals surface area contributed by atoms with Gasteiger partial charge in [0, 0.05) is 37.8 Å². The van der Waals surface area contributed by atoms with Crippen LogP contribution in [0.25, 0.3) is 5.69 Å². The molecule has 0 N–H and O–H groups in total. The molecule has 1 aromatic heterocycles. The summed E-state index contributed by atoms with van der Waals surface area (Å²) in [5.74, 6) is -1.15. The number of nitrogens with zero attached hydrogens (tertiary/aromatic N) is 4. The van der Waals surface area contributed by atoms with E-state index in [0.29, 0.717) is 11.3 Å². The van der Waals surface area contributed by atoms with Crippen molar-refractivity contribution >= 4 is 21.7 Å². The van der Waals surface area contributed by atoms with Crippen LogP contribution in [0.4, 0.5) is 4.39 Å². The van der Waals surface area contributed by atoms with E-state index in [1.54, 1.807) is 6.07 Å². The zero-order chi connectivity index (χ0) is 24.5. The molecule has 0 atom stereocenters. The molecule has 0 bridgehead atoms. The van der Waals surface area contributed by atoms with Crippen molar-refractivity contribution in [2.45, 2.75) is 11.8 Å². The van der Waals surface area contributed by atoms with Crippen LogP contribution in [0.3, 0.4) is 0 Å². The van der Waals surface area contributed by atoms with E-state index in [1.165, 1.54) is 70.7 Å². The lowest BCUT2D eigenvalue weighted by molar-refractivity contribution is 0.0689. The van der Waals surface area contributed by atoms with Crippen molar-refractivity contribution in [2.75, 3.05) is 26.2 Å². The van der Waals surface area contributed by atoms with Gasteiger partial charge in [0.1, 0.15) is 11.5 Å². The maximum Gasteiger partial charge on any atom is 0.274 e. The summed E-state index contributed by atoms with van der Waals surface area (Å²) in [6.45, 7) is 1.75. The number of benzene rings is 2. The Morgan fingerprint density at radius 1 is 0.941 bits per heavy atom. The number of Topliss-reactive ketones (excluding diaryl/α,β-unsaturated/α-hetero) is 1. The van der Waals surface area contributed by atoms with Gasteiger partial charge in [-0.1, -0.05) is 12.1 Å². The zero-order valence-corrected chi connectivity index (χ0v) is 19.0. The molecule has 2 aromatic carbocycles. The largest absolute Gasteiger partial charge is 0.335 e. The summed E-state index contributed by atoms with van der Waals surface area (Å²) in [4.78, 5) is 38.3. The fraction of sp³-hybridized carbons (Fsp3) is 0.217. The van der Waals surface area contributed by atoms with Gasteiger partial charge in [-0.25, -0.2) is 12.8 Å². The molecule has 1 aliphatic rings. The normalized spacial score (nSPS) is 14.7. The maximum absolute atomic E-state index is 13.2. The Labute approximate surface area is 195 Å². The van der Waals surface area contributed by atoms with Gasteiger partial charge in [-0.05, 0) is 49.4 Å². The molecule has 1 aliphatic heterocycles. The van der Waals surface area contributed by atoms with E-state index in [0.717, 1.165) is 4.68 Å². The first-order chi connectivity index (χ1) is 16.2. The standard InChI is InChI=1S/C23H21FN4O5S/c1-16(29)17-3-2-4-20(15-17)34(32,33)27-13-11-26(12-14-27)23(31)21-9-10-22(30)28(25-21)19-7-5-18(24)6-8-19/h2-10,15H,11-14H2,1H3. The van der Waals surface area contributed by atoms with E-state index in [2.05, 4.69) is 5.10 Å². The Morgan fingerprint density at radius 3 is 2.26 bits per heavy atom. The van der Waals surface area contributed by atoms with Crippen LogP contribution in [0.5, 0.6) is 0 Å². The monoisotopic (exact) mass is 484 g/mol. The van der Waals surface area contributed by atoms with Gasteiger partial charge in [0.05, 0.1) is 10.6 Å². The van der Waals surface area contributed by atoms with Crippen molar-refractivity contribution in [3.05, 3.63) is 88.1 Å². The van der Waals surface area contributed by atoms with Crippen molar-refractivity contribution in [3.8, 4) is 5.69 Å². The second-order valence-corrected chi connectivity index (χ2v) is 9.66. The Balaban J connectivity index is 1.49. The molecule has 176 valence electrons. The third-order valence-corrected chi connectivity index (χ3v) is 7.39. The van der Waals surface area contributed by atoms with Gasteiger partial charge in [0.2, 0.25) is 10.0 Å². The molecule has 0 unspecified atom stereocenters. The number of aromatic nitrogens is 2.